The van der Waals surface area contributed by atoms with Crippen molar-refractivity contribution in [2.45, 2.75) is 33.2 Å². The lowest BCUT2D eigenvalue weighted by Crippen LogP contribution is -2.30. The minimum absolute atomic E-state index is 0.0913. The Morgan fingerprint density at radius 3 is 2.56 bits per heavy atom. The molecule has 0 spiro atoms. The first kappa shape index (κ1) is 19.0. The van der Waals surface area contributed by atoms with Crippen molar-refractivity contribution in [3.8, 4) is 16.9 Å². The van der Waals surface area contributed by atoms with Crippen LogP contribution >= 0.6 is 0 Å². The third kappa shape index (κ3) is 3.45. The quantitative estimate of drug-likeness (QED) is 0.665. The van der Waals surface area contributed by atoms with Gasteiger partial charge < -0.3 is 9.47 Å². The summed E-state index contributed by atoms with van der Waals surface area (Å²) >= 11 is 0. The summed E-state index contributed by atoms with van der Waals surface area (Å²) < 4.78 is 12.4. The zero-order valence-electron chi connectivity index (χ0n) is 16.4. The van der Waals surface area contributed by atoms with Crippen LogP contribution in [0.1, 0.15) is 30.6 Å². The molecule has 0 saturated heterocycles. The van der Waals surface area contributed by atoms with Gasteiger partial charge >= 0.3 is 0 Å². The predicted molar refractivity (Wildman–Crippen MR) is 106 cm³/mol. The number of hydrogen-bond donors (Lipinski definition) is 0. The smallest absolute Gasteiger partial charge is 0.273 e. The molecule has 2 aromatic heterocycles. The summed E-state index contributed by atoms with van der Waals surface area (Å²) in [5.41, 5.74) is 4.70. The van der Waals surface area contributed by atoms with Gasteiger partial charge in [-0.25, -0.2) is 9.97 Å². The molecule has 0 fully saturated rings. The van der Waals surface area contributed by atoms with Gasteiger partial charge in [0.05, 0.1) is 19.8 Å². The molecule has 142 valence electrons. The van der Waals surface area contributed by atoms with Crippen LogP contribution in [0.4, 0.5) is 0 Å². The van der Waals surface area contributed by atoms with Crippen molar-refractivity contribution in [3.05, 3.63) is 52.1 Å². The second-order valence-electron chi connectivity index (χ2n) is 6.60. The number of fused-ring (bicyclic) bond motifs is 1. The van der Waals surface area contributed by atoms with E-state index in [1.165, 1.54) is 0 Å². The third-order valence-corrected chi connectivity index (χ3v) is 4.86. The van der Waals surface area contributed by atoms with Gasteiger partial charge in [0.15, 0.2) is 5.65 Å². The van der Waals surface area contributed by atoms with Crippen LogP contribution in [0.25, 0.3) is 22.3 Å². The fourth-order valence-corrected chi connectivity index (χ4v) is 3.40. The highest BCUT2D eigenvalue weighted by Gasteiger charge is 2.19. The van der Waals surface area contributed by atoms with E-state index < -0.39 is 0 Å². The Morgan fingerprint density at radius 2 is 1.93 bits per heavy atom. The lowest BCUT2D eigenvalue weighted by Gasteiger charge is -2.20. The SMILES string of the molecule is CC[C@H](COC)n1c(=O)c(C)nc2c(-c3ccc(OC)cc3C)ccnc21. The number of aryl methyl sites for hydroxylation is 2. The van der Waals surface area contributed by atoms with Crippen LogP contribution in [-0.2, 0) is 4.74 Å². The maximum Gasteiger partial charge on any atom is 0.273 e. The fraction of sp³-hybridized carbons (Fsp3) is 0.381. The van der Waals surface area contributed by atoms with Crippen LogP contribution in [0, 0.1) is 13.8 Å². The molecule has 0 aliphatic carbocycles. The van der Waals surface area contributed by atoms with Gasteiger partial charge in [-0.1, -0.05) is 13.0 Å². The third-order valence-electron chi connectivity index (χ3n) is 4.86. The molecule has 6 nitrogen and oxygen atoms in total. The van der Waals surface area contributed by atoms with Gasteiger partial charge in [0, 0.05) is 18.9 Å². The number of nitrogens with zero attached hydrogens (tertiary/aromatic N) is 3. The Morgan fingerprint density at radius 1 is 1.15 bits per heavy atom. The highest BCUT2D eigenvalue weighted by atomic mass is 16.5. The number of hydrogen-bond acceptors (Lipinski definition) is 5. The summed E-state index contributed by atoms with van der Waals surface area (Å²) in [4.78, 5) is 22.0. The molecule has 2 heterocycles. The molecule has 0 amide bonds. The van der Waals surface area contributed by atoms with Gasteiger partial charge in [0.25, 0.3) is 5.56 Å². The van der Waals surface area contributed by atoms with E-state index >= 15 is 0 Å². The van der Waals surface area contributed by atoms with Crippen molar-refractivity contribution < 1.29 is 9.47 Å². The standard InChI is InChI=1S/C21H25N3O3/c1-6-15(12-26-4)24-20-19(23-14(3)21(24)25)18(9-10-22-20)17-8-7-16(27-5)11-13(17)2/h7-11,15H,6,12H2,1-5H3/t15-/m1/s1. The Hall–Kier alpha value is -2.73. The van der Waals surface area contributed by atoms with Gasteiger partial charge in [-0.2, -0.15) is 0 Å². The molecular weight excluding hydrogens is 342 g/mol. The number of pyridine rings is 1. The molecule has 3 rings (SSSR count). The summed E-state index contributed by atoms with van der Waals surface area (Å²) in [6.07, 6.45) is 2.49. The maximum absolute atomic E-state index is 12.8. The van der Waals surface area contributed by atoms with E-state index in [-0.39, 0.29) is 11.6 Å². The second-order valence-corrected chi connectivity index (χ2v) is 6.60. The van der Waals surface area contributed by atoms with E-state index in [4.69, 9.17) is 9.47 Å². The van der Waals surface area contributed by atoms with Gasteiger partial charge in [-0.05, 0) is 49.6 Å². The van der Waals surface area contributed by atoms with Crippen molar-refractivity contribution in [1.29, 1.82) is 0 Å². The lowest BCUT2D eigenvalue weighted by atomic mass is 10.00. The molecule has 0 unspecified atom stereocenters. The molecule has 0 bridgehead atoms. The number of rotatable bonds is 6. The first-order chi connectivity index (χ1) is 13.0. The molecule has 6 heteroatoms. The lowest BCUT2D eigenvalue weighted by molar-refractivity contribution is 0.153. The second kappa shape index (κ2) is 7.88. The van der Waals surface area contributed by atoms with E-state index in [9.17, 15) is 4.79 Å². The minimum atomic E-state index is -0.123. The van der Waals surface area contributed by atoms with Crippen molar-refractivity contribution >= 4 is 11.2 Å². The molecule has 0 saturated carbocycles. The first-order valence-electron chi connectivity index (χ1n) is 9.03. The normalized spacial score (nSPS) is 12.3. The van der Waals surface area contributed by atoms with Gasteiger partial charge in [0.2, 0.25) is 0 Å². The van der Waals surface area contributed by atoms with E-state index in [0.717, 1.165) is 34.4 Å². The van der Waals surface area contributed by atoms with Crippen LogP contribution in [0.3, 0.4) is 0 Å². The Balaban J connectivity index is 2.32. The molecular formula is C21H25N3O3. The highest BCUT2D eigenvalue weighted by molar-refractivity contribution is 5.90. The van der Waals surface area contributed by atoms with Crippen LogP contribution < -0.4 is 10.3 Å². The van der Waals surface area contributed by atoms with Crippen molar-refractivity contribution in [3.63, 3.8) is 0 Å². The summed E-state index contributed by atoms with van der Waals surface area (Å²) in [6, 6.07) is 7.78. The number of benzene rings is 1. The first-order valence-corrected chi connectivity index (χ1v) is 9.03. The molecule has 0 aliphatic rings. The van der Waals surface area contributed by atoms with Crippen molar-refractivity contribution in [1.82, 2.24) is 14.5 Å². The van der Waals surface area contributed by atoms with Crippen molar-refractivity contribution in [2.24, 2.45) is 0 Å². The maximum atomic E-state index is 12.8. The number of methoxy groups -OCH3 is 2. The van der Waals surface area contributed by atoms with Crippen LogP contribution in [0.5, 0.6) is 5.75 Å². The van der Waals surface area contributed by atoms with E-state index in [0.29, 0.717) is 17.9 Å². The van der Waals surface area contributed by atoms with E-state index in [1.54, 1.807) is 31.9 Å². The Kier molecular flexibility index (Phi) is 5.56. The summed E-state index contributed by atoms with van der Waals surface area (Å²) in [6.45, 7) is 6.26. The number of ether oxygens (including phenoxy) is 2. The topological polar surface area (TPSA) is 66.2 Å². The molecule has 1 atom stereocenters. The summed E-state index contributed by atoms with van der Waals surface area (Å²) in [5, 5.41) is 0. The average Bonchev–Trinajstić information content (AvgIpc) is 2.67. The van der Waals surface area contributed by atoms with Crippen molar-refractivity contribution in [2.75, 3.05) is 20.8 Å². The monoisotopic (exact) mass is 367 g/mol. The van der Waals surface area contributed by atoms with Gasteiger partial charge in [-0.15, -0.1) is 0 Å². The van der Waals surface area contributed by atoms with Gasteiger partial charge in [0.1, 0.15) is 17.0 Å². The van der Waals surface area contributed by atoms with E-state index in [1.807, 2.05) is 38.1 Å². The van der Waals surface area contributed by atoms with Crippen LogP contribution in [0.2, 0.25) is 0 Å². The minimum Gasteiger partial charge on any atom is -0.497 e. The average molecular weight is 367 g/mol. The zero-order chi connectivity index (χ0) is 19.6. The largest absolute Gasteiger partial charge is 0.497 e. The molecule has 0 radical (unpaired) electrons. The molecule has 0 aliphatic heterocycles. The Labute approximate surface area is 158 Å². The summed E-state index contributed by atoms with van der Waals surface area (Å²) in [7, 11) is 3.30. The van der Waals surface area contributed by atoms with Gasteiger partial charge in [-0.3, -0.25) is 9.36 Å². The highest BCUT2D eigenvalue weighted by Crippen LogP contribution is 2.31. The molecule has 3 aromatic rings. The summed E-state index contributed by atoms with van der Waals surface area (Å²) in [5.74, 6) is 0.807. The van der Waals surface area contributed by atoms with Crippen LogP contribution in [-0.4, -0.2) is 35.4 Å². The molecule has 0 N–H and O–H groups in total. The zero-order valence-corrected chi connectivity index (χ0v) is 16.4. The van der Waals surface area contributed by atoms with E-state index in [2.05, 4.69) is 9.97 Å². The molecule has 1 aromatic carbocycles. The number of aromatic nitrogens is 3. The Bertz CT molecular complexity index is 1030. The van der Waals surface area contributed by atoms with Crippen LogP contribution in [0.15, 0.2) is 35.3 Å². The molecule has 27 heavy (non-hydrogen) atoms. The fourth-order valence-electron chi connectivity index (χ4n) is 3.40. The predicted octanol–water partition coefficient (Wildman–Crippen LogP) is 3.68.